The zero-order valence-corrected chi connectivity index (χ0v) is 16.2. The number of nitrogens with zero attached hydrogens (tertiary/aromatic N) is 4. The zero-order chi connectivity index (χ0) is 19.2. The Morgan fingerprint density at radius 2 is 2.00 bits per heavy atom. The molecule has 3 fully saturated rings. The fourth-order valence-corrected chi connectivity index (χ4v) is 4.35. The van der Waals surface area contributed by atoms with E-state index in [2.05, 4.69) is 50.7 Å². The van der Waals surface area contributed by atoms with Crippen LogP contribution in [0.5, 0.6) is 0 Å². The lowest BCUT2D eigenvalue weighted by molar-refractivity contribution is 0.0986. The van der Waals surface area contributed by atoms with Crippen molar-refractivity contribution in [2.75, 3.05) is 23.4 Å². The van der Waals surface area contributed by atoms with E-state index in [1.165, 1.54) is 24.1 Å². The van der Waals surface area contributed by atoms with Gasteiger partial charge < -0.3 is 15.0 Å². The summed E-state index contributed by atoms with van der Waals surface area (Å²) in [6, 6.07) is 15.0. The van der Waals surface area contributed by atoms with Crippen molar-refractivity contribution in [3.8, 4) is 0 Å². The molecule has 2 unspecified atom stereocenters. The van der Waals surface area contributed by atoms with Crippen LogP contribution in [-0.2, 0) is 11.2 Å². The lowest BCUT2D eigenvalue weighted by Crippen LogP contribution is -2.38. The van der Waals surface area contributed by atoms with Crippen LogP contribution >= 0.6 is 0 Å². The highest BCUT2D eigenvalue weighted by Gasteiger charge is 2.40. The van der Waals surface area contributed by atoms with Crippen molar-refractivity contribution in [1.29, 1.82) is 0 Å². The number of aromatic nitrogens is 4. The molecule has 2 N–H and O–H groups in total. The summed E-state index contributed by atoms with van der Waals surface area (Å²) in [4.78, 5) is 12.0. The van der Waals surface area contributed by atoms with Gasteiger partial charge in [0.15, 0.2) is 5.82 Å². The van der Waals surface area contributed by atoms with Gasteiger partial charge in [-0.1, -0.05) is 30.3 Å². The van der Waals surface area contributed by atoms with Crippen LogP contribution in [0.3, 0.4) is 0 Å². The average molecular weight is 388 g/mol. The molecule has 3 aliphatic rings. The van der Waals surface area contributed by atoms with Crippen molar-refractivity contribution < 1.29 is 4.74 Å². The number of nitrogens with one attached hydrogen (secondary N) is 2. The first-order valence-electron chi connectivity index (χ1n) is 10.4. The Morgan fingerprint density at radius 3 is 2.76 bits per heavy atom. The van der Waals surface area contributed by atoms with E-state index >= 15 is 0 Å². The fraction of sp³-hybridized carbons (Fsp3) is 0.409. The molecule has 0 radical (unpaired) electrons. The monoisotopic (exact) mass is 388 g/mol. The maximum absolute atomic E-state index is 5.76. The highest BCUT2D eigenvalue weighted by Crippen LogP contribution is 2.39. The average Bonchev–Trinajstić information content (AvgIpc) is 3.13. The second-order valence-corrected chi connectivity index (χ2v) is 8.31. The number of hydrogen-bond acceptors (Lipinski definition) is 6. The van der Waals surface area contributed by atoms with Gasteiger partial charge in [-0.25, -0.2) is 4.98 Å². The van der Waals surface area contributed by atoms with Crippen LogP contribution in [0.2, 0.25) is 0 Å². The molecule has 2 atom stereocenters. The molecule has 148 valence electrons. The maximum atomic E-state index is 5.76. The van der Waals surface area contributed by atoms with E-state index in [4.69, 9.17) is 14.7 Å². The van der Waals surface area contributed by atoms with Gasteiger partial charge in [-0.3, -0.25) is 5.10 Å². The molecule has 7 heteroatoms. The Balaban J connectivity index is 1.31. The Morgan fingerprint density at radius 1 is 1.10 bits per heavy atom. The van der Waals surface area contributed by atoms with Crippen molar-refractivity contribution in [1.82, 2.24) is 20.2 Å². The molecule has 2 bridgehead atoms. The third-order valence-corrected chi connectivity index (χ3v) is 6.02. The van der Waals surface area contributed by atoms with Gasteiger partial charge in [-0.05, 0) is 24.8 Å². The quantitative estimate of drug-likeness (QED) is 0.674. The molecule has 2 aliphatic heterocycles. The molecule has 2 aromatic heterocycles. The number of rotatable bonds is 6. The summed E-state index contributed by atoms with van der Waals surface area (Å²) in [5.41, 5.74) is 3.45. The molecule has 29 heavy (non-hydrogen) atoms. The Bertz CT molecular complexity index is 1020. The maximum Gasteiger partial charge on any atom is 0.227 e. The van der Waals surface area contributed by atoms with Crippen molar-refractivity contribution in [2.24, 2.45) is 0 Å². The minimum absolute atomic E-state index is 0.310. The molecule has 0 spiro atoms. The topological polar surface area (TPSA) is 79.0 Å². The molecule has 1 aliphatic carbocycles. The van der Waals surface area contributed by atoms with E-state index in [1.807, 2.05) is 12.1 Å². The molecular formula is C22H24N6O. The van der Waals surface area contributed by atoms with Crippen molar-refractivity contribution in [3.63, 3.8) is 0 Å². The predicted octanol–water partition coefficient (Wildman–Crippen LogP) is 3.39. The van der Waals surface area contributed by atoms with Crippen LogP contribution in [0.1, 0.15) is 42.1 Å². The van der Waals surface area contributed by atoms with Crippen LogP contribution < -0.4 is 10.2 Å². The van der Waals surface area contributed by atoms with E-state index in [0.29, 0.717) is 18.1 Å². The summed E-state index contributed by atoms with van der Waals surface area (Å²) in [7, 11) is 0. The van der Waals surface area contributed by atoms with Gasteiger partial charge in [0.1, 0.15) is 5.82 Å². The number of aromatic amines is 1. The van der Waals surface area contributed by atoms with Crippen LogP contribution in [0, 0.1) is 0 Å². The minimum Gasteiger partial charge on any atom is -0.374 e. The number of benzene rings is 1. The van der Waals surface area contributed by atoms with E-state index in [0.717, 1.165) is 49.3 Å². The summed E-state index contributed by atoms with van der Waals surface area (Å²) in [6.07, 6.45) is 4.65. The first-order valence-corrected chi connectivity index (χ1v) is 10.4. The molecule has 3 aromatic rings. The van der Waals surface area contributed by atoms with Gasteiger partial charge in [-0.2, -0.15) is 10.1 Å². The first kappa shape index (κ1) is 17.0. The fourth-order valence-electron chi connectivity index (χ4n) is 4.35. The smallest absolute Gasteiger partial charge is 0.227 e. The Kier molecular flexibility index (Phi) is 4.01. The third kappa shape index (κ3) is 3.46. The highest BCUT2D eigenvalue weighted by atomic mass is 16.5. The van der Waals surface area contributed by atoms with Gasteiger partial charge in [0.25, 0.3) is 0 Å². The summed E-state index contributed by atoms with van der Waals surface area (Å²) >= 11 is 0. The van der Waals surface area contributed by atoms with Crippen molar-refractivity contribution in [2.45, 2.75) is 43.7 Å². The summed E-state index contributed by atoms with van der Waals surface area (Å²) in [5, 5.41) is 11.0. The van der Waals surface area contributed by atoms with Crippen molar-refractivity contribution >= 4 is 17.6 Å². The highest BCUT2D eigenvalue weighted by molar-refractivity contribution is 5.55. The van der Waals surface area contributed by atoms with Crippen LogP contribution in [0.4, 0.5) is 17.6 Å². The van der Waals surface area contributed by atoms with E-state index in [1.54, 1.807) is 0 Å². The largest absolute Gasteiger partial charge is 0.374 e. The standard InChI is InChI=1S/C22H24N6O/c1-2-4-14(5-3-1)8-16-9-20(24-21-11-19(26-27-21)15-6-7-15)25-22(23-16)28-12-18-10-17(28)13-29-18/h1-5,9,11,15,17-18H,6-8,10,12-13H2,(H2,23,24,25,26,27). The number of morpholine rings is 1. The first-order chi connectivity index (χ1) is 14.3. The predicted molar refractivity (Wildman–Crippen MR) is 111 cm³/mol. The van der Waals surface area contributed by atoms with E-state index in [-0.39, 0.29) is 0 Å². The molecule has 1 aromatic carbocycles. The number of H-pyrrole nitrogens is 1. The van der Waals surface area contributed by atoms with Gasteiger partial charge >= 0.3 is 0 Å². The molecule has 6 rings (SSSR count). The molecular weight excluding hydrogens is 364 g/mol. The SMILES string of the molecule is c1ccc(Cc2cc(Nc3cc(C4CC4)[nH]n3)nc(N3CC4CC3CO4)n2)cc1. The number of anilines is 3. The molecule has 1 saturated carbocycles. The lowest BCUT2D eigenvalue weighted by atomic mass is 10.1. The summed E-state index contributed by atoms with van der Waals surface area (Å²) in [6.45, 7) is 1.64. The Hall–Kier alpha value is -2.93. The molecule has 2 saturated heterocycles. The van der Waals surface area contributed by atoms with Crippen LogP contribution in [0.25, 0.3) is 0 Å². The second kappa shape index (κ2) is 6.84. The van der Waals surface area contributed by atoms with Crippen LogP contribution in [0.15, 0.2) is 42.5 Å². The Labute approximate surface area is 169 Å². The third-order valence-electron chi connectivity index (χ3n) is 6.02. The summed E-state index contributed by atoms with van der Waals surface area (Å²) < 4.78 is 5.76. The van der Waals surface area contributed by atoms with E-state index in [9.17, 15) is 0 Å². The van der Waals surface area contributed by atoms with Gasteiger partial charge in [0.2, 0.25) is 5.95 Å². The molecule has 4 heterocycles. The summed E-state index contributed by atoms with van der Waals surface area (Å²) in [5.74, 6) is 3.04. The van der Waals surface area contributed by atoms with Crippen molar-refractivity contribution in [3.05, 3.63) is 59.4 Å². The minimum atomic E-state index is 0.310. The van der Waals surface area contributed by atoms with Gasteiger partial charge in [-0.15, -0.1) is 0 Å². The van der Waals surface area contributed by atoms with Gasteiger partial charge in [0, 0.05) is 36.7 Å². The normalized spacial score (nSPS) is 23.0. The second-order valence-electron chi connectivity index (χ2n) is 8.31. The van der Waals surface area contributed by atoms with Crippen LogP contribution in [-0.4, -0.2) is 45.5 Å². The molecule has 0 amide bonds. The number of ether oxygens (including phenoxy) is 1. The number of fused-ring (bicyclic) bond motifs is 2. The lowest BCUT2D eigenvalue weighted by Gasteiger charge is -2.27. The molecule has 7 nitrogen and oxygen atoms in total. The van der Waals surface area contributed by atoms with Gasteiger partial charge in [0.05, 0.1) is 24.4 Å². The zero-order valence-electron chi connectivity index (χ0n) is 16.2. The number of hydrogen-bond donors (Lipinski definition) is 2. The van der Waals surface area contributed by atoms with E-state index < -0.39 is 0 Å².